The zero-order valence-electron chi connectivity index (χ0n) is 14.0. The number of hydrogen-bond acceptors (Lipinski definition) is 4. The first-order valence-electron chi connectivity index (χ1n) is 7.54. The molecule has 0 radical (unpaired) electrons. The molecule has 0 aromatic heterocycles. The van der Waals surface area contributed by atoms with Gasteiger partial charge in [0.2, 0.25) is 0 Å². The first-order valence-corrected chi connectivity index (χ1v) is 8.99. The van der Waals surface area contributed by atoms with E-state index in [1.165, 1.54) is 6.21 Å². The Bertz CT molecular complexity index is 777. The highest BCUT2D eigenvalue weighted by atomic mass is 127. The van der Waals surface area contributed by atoms with Gasteiger partial charge in [-0.25, -0.2) is 5.43 Å². The number of amides is 1. The molecular weight excluding hydrogens is 455 g/mol. The number of hydrazone groups is 1. The fourth-order valence-electron chi connectivity index (χ4n) is 2.00. The smallest absolute Gasteiger partial charge is 0.271 e. The van der Waals surface area contributed by atoms with Gasteiger partial charge in [0.25, 0.3) is 5.91 Å². The monoisotopic (exact) mass is 472 g/mol. The fraction of sp³-hybridized carbons (Fsp3) is 0.222. The second-order valence-electron chi connectivity index (χ2n) is 5.41. The van der Waals surface area contributed by atoms with Crippen LogP contribution >= 0.6 is 34.2 Å². The van der Waals surface area contributed by atoms with E-state index < -0.39 is 0 Å². The molecule has 0 saturated carbocycles. The molecule has 0 aliphatic heterocycles. The fourth-order valence-corrected chi connectivity index (χ4v) is 2.62. The van der Waals surface area contributed by atoms with Crippen molar-refractivity contribution in [3.05, 3.63) is 56.1 Å². The molecule has 0 aliphatic carbocycles. The number of carbonyl (C=O) groups excluding carboxylic acids is 1. The quantitative estimate of drug-likeness (QED) is 0.382. The molecule has 132 valence electrons. The number of rotatable bonds is 6. The van der Waals surface area contributed by atoms with Gasteiger partial charge in [0.05, 0.1) is 24.5 Å². The molecular formula is C18H18ClIN2O3. The van der Waals surface area contributed by atoms with Crippen LogP contribution in [-0.4, -0.2) is 25.3 Å². The summed E-state index contributed by atoms with van der Waals surface area (Å²) in [6.45, 7) is 3.82. The van der Waals surface area contributed by atoms with Crippen molar-refractivity contribution in [1.29, 1.82) is 0 Å². The molecule has 25 heavy (non-hydrogen) atoms. The molecule has 0 aliphatic rings. The van der Waals surface area contributed by atoms with Crippen LogP contribution in [0.3, 0.4) is 0 Å². The summed E-state index contributed by atoms with van der Waals surface area (Å²) in [5.41, 5.74) is 3.70. The lowest BCUT2D eigenvalue weighted by atomic mass is 10.2. The molecule has 0 heterocycles. The van der Waals surface area contributed by atoms with Crippen molar-refractivity contribution < 1.29 is 14.3 Å². The lowest BCUT2D eigenvalue weighted by Gasteiger charge is -2.15. The Hall–Kier alpha value is -1.80. The van der Waals surface area contributed by atoms with Gasteiger partial charge in [-0.3, -0.25) is 4.79 Å². The second kappa shape index (κ2) is 9.05. The number of methoxy groups -OCH3 is 1. The van der Waals surface area contributed by atoms with Crippen LogP contribution in [0.5, 0.6) is 11.5 Å². The maximum Gasteiger partial charge on any atom is 0.271 e. The van der Waals surface area contributed by atoms with Gasteiger partial charge in [0.15, 0.2) is 11.5 Å². The van der Waals surface area contributed by atoms with E-state index >= 15 is 0 Å². The summed E-state index contributed by atoms with van der Waals surface area (Å²) in [7, 11) is 1.54. The van der Waals surface area contributed by atoms with Crippen LogP contribution in [0.1, 0.15) is 29.8 Å². The van der Waals surface area contributed by atoms with Crippen LogP contribution in [0.2, 0.25) is 5.02 Å². The van der Waals surface area contributed by atoms with Crippen LogP contribution in [-0.2, 0) is 0 Å². The Labute approximate surface area is 165 Å². The Kier molecular flexibility index (Phi) is 7.07. The molecule has 0 bridgehead atoms. The molecule has 0 spiro atoms. The number of carbonyl (C=O) groups is 1. The van der Waals surface area contributed by atoms with Gasteiger partial charge < -0.3 is 9.47 Å². The predicted molar refractivity (Wildman–Crippen MR) is 108 cm³/mol. The summed E-state index contributed by atoms with van der Waals surface area (Å²) >= 11 is 8.43. The van der Waals surface area contributed by atoms with Crippen LogP contribution < -0.4 is 14.9 Å². The van der Waals surface area contributed by atoms with Crippen molar-refractivity contribution in [3.8, 4) is 11.5 Å². The molecule has 0 unspecified atom stereocenters. The molecule has 1 amide bonds. The van der Waals surface area contributed by atoms with Gasteiger partial charge in [0.1, 0.15) is 0 Å². The van der Waals surface area contributed by atoms with Gasteiger partial charge in [-0.2, -0.15) is 5.10 Å². The van der Waals surface area contributed by atoms with Crippen molar-refractivity contribution in [1.82, 2.24) is 5.43 Å². The summed E-state index contributed by atoms with van der Waals surface area (Å²) in [6, 6.07) is 10.6. The van der Waals surface area contributed by atoms with Crippen LogP contribution in [0.25, 0.3) is 0 Å². The van der Waals surface area contributed by atoms with Crippen molar-refractivity contribution in [2.24, 2.45) is 5.10 Å². The normalized spacial score (nSPS) is 11.0. The van der Waals surface area contributed by atoms with Gasteiger partial charge in [0, 0.05) is 9.13 Å². The van der Waals surface area contributed by atoms with Crippen molar-refractivity contribution in [2.75, 3.05) is 7.11 Å². The lowest BCUT2D eigenvalue weighted by Crippen LogP contribution is -2.17. The second-order valence-corrected chi connectivity index (χ2v) is 7.06. The van der Waals surface area contributed by atoms with E-state index in [9.17, 15) is 4.79 Å². The maximum absolute atomic E-state index is 12.0. The topological polar surface area (TPSA) is 59.9 Å². The molecule has 1 N–H and O–H groups in total. The van der Waals surface area contributed by atoms with Crippen molar-refractivity contribution in [3.63, 3.8) is 0 Å². The number of nitrogens with one attached hydrogen (secondary N) is 1. The SMILES string of the molecule is COc1cc(/C=N\NC(=O)c2ccc(I)cc2)cc(Cl)c1OC(C)C. The number of benzene rings is 2. The highest BCUT2D eigenvalue weighted by Gasteiger charge is 2.13. The molecule has 0 saturated heterocycles. The molecule has 5 nitrogen and oxygen atoms in total. The minimum absolute atomic E-state index is 0.0286. The van der Waals surface area contributed by atoms with Gasteiger partial charge in [-0.1, -0.05) is 11.6 Å². The van der Waals surface area contributed by atoms with Gasteiger partial charge in [-0.05, 0) is 78.4 Å². The average molecular weight is 473 g/mol. The zero-order chi connectivity index (χ0) is 18.4. The van der Waals surface area contributed by atoms with E-state index in [1.807, 2.05) is 26.0 Å². The van der Waals surface area contributed by atoms with E-state index in [1.54, 1.807) is 31.4 Å². The van der Waals surface area contributed by atoms with Crippen molar-refractivity contribution >= 4 is 46.3 Å². The van der Waals surface area contributed by atoms with Gasteiger partial charge in [-0.15, -0.1) is 0 Å². The standard InChI is InChI=1S/C18H18ClIN2O3/c1-11(2)25-17-15(19)8-12(9-16(17)24-3)10-21-22-18(23)13-4-6-14(20)7-5-13/h4-11H,1-3H3,(H,22,23)/b21-10-. The predicted octanol–water partition coefficient (Wildman–Crippen LogP) is 4.50. The zero-order valence-corrected chi connectivity index (χ0v) is 17.0. The number of halogens is 2. The Morgan fingerprint density at radius 3 is 2.56 bits per heavy atom. The molecule has 0 atom stereocenters. The van der Waals surface area contributed by atoms with E-state index in [0.717, 1.165) is 3.57 Å². The molecule has 0 fully saturated rings. The third-order valence-electron chi connectivity index (χ3n) is 3.09. The number of hydrogen-bond donors (Lipinski definition) is 1. The van der Waals surface area contributed by atoms with E-state index in [4.69, 9.17) is 21.1 Å². The number of nitrogens with zero attached hydrogens (tertiary/aromatic N) is 1. The average Bonchev–Trinajstić information content (AvgIpc) is 2.57. The first-order chi connectivity index (χ1) is 11.9. The summed E-state index contributed by atoms with van der Waals surface area (Å²) in [6.07, 6.45) is 1.47. The summed E-state index contributed by atoms with van der Waals surface area (Å²) in [5.74, 6) is 0.705. The van der Waals surface area contributed by atoms with Crippen LogP contribution in [0.4, 0.5) is 0 Å². The van der Waals surface area contributed by atoms with E-state index in [2.05, 4.69) is 33.1 Å². The first kappa shape index (κ1) is 19.5. The Morgan fingerprint density at radius 1 is 1.28 bits per heavy atom. The summed E-state index contributed by atoms with van der Waals surface area (Å²) < 4.78 is 12.0. The van der Waals surface area contributed by atoms with Crippen LogP contribution in [0, 0.1) is 3.57 Å². The van der Waals surface area contributed by atoms with E-state index in [0.29, 0.717) is 27.6 Å². The summed E-state index contributed by atoms with van der Waals surface area (Å²) in [5, 5.41) is 4.38. The highest BCUT2D eigenvalue weighted by Crippen LogP contribution is 2.36. The minimum Gasteiger partial charge on any atom is -0.493 e. The van der Waals surface area contributed by atoms with Crippen LogP contribution in [0.15, 0.2) is 41.5 Å². The summed E-state index contributed by atoms with van der Waals surface area (Å²) in [4.78, 5) is 12.0. The van der Waals surface area contributed by atoms with Gasteiger partial charge >= 0.3 is 0 Å². The third kappa shape index (κ3) is 5.61. The largest absolute Gasteiger partial charge is 0.493 e. The van der Waals surface area contributed by atoms with Crippen molar-refractivity contribution in [2.45, 2.75) is 20.0 Å². The maximum atomic E-state index is 12.0. The van der Waals surface area contributed by atoms with E-state index in [-0.39, 0.29) is 12.0 Å². The Balaban J connectivity index is 2.11. The third-order valence-corrected chi connectivity index (χ3v) is 4.09. The highest BCUT2D eigenvalue weighted by molar-refractivity contribution is 14.1. The molecule has 2 rings (SSSR count). The molecule has 2 aromatic rings. The molecule has 2 aromatic carbocycles. The Morgan fingerprint density at radius 2 is 1.96 bits per heavy atom. The lowest BCUT2D eigenvalue weighted by molar-refractivity contribution is 0.0955. The minimum atomic E-state index is -0.287. The molecule has 7 heteroatoms. The number of ether oxygens (including phenoxy) is 2.